The number of esters is 2. The molecule has 0 aliphatic carbocycles. The van der Waals surface area contributed by atoms with Crippen molar-refractivity contribution in [3.8, 4) is 11.5 Å². The van der Waals surface area contributed by atoms with Gasteiger partial charge in [0.05, 0.1) is 17.6 Å². The molecular formula is C29H33N5O12. The second kappa shape index (κ2) is 16.6. The number of nitrogens with zero attached hydrogens (tertiary/aromatic N) is 4. The third-order valence-corrected chi connectivity index (χ3v) is 7.03. The number of amides is 1. The molecule has 1 heterocycles. The van der Waals surface area contributed by atoms with Crippen molar-refractivity contribution < 1.29 is 52.5 Å². The van der Waals surface area contributed by atoms with E-state index in [1.54, 1.807) is 13.8 Å². The molecule has 1 N–H and O–H groups in total. The highest BCUT2D eigenvalue weighted by Crippen LogP contribution is 2.35. The smallest absolute Gasteiger partial charge is 0.467 e. The molecule has 0 spiro atoms. The quantitative estimate of drug-likeness (QED) is 0.0372. The van der Waals surface area contributed by atoms with Gasteiger partial charge in [0.15, 0.2) is 12.2 Å². The first-order valence-electron chi connectivity index (χ1n) is 14.0. The molecule has 1 amide bonds. The van der Waals surface area contributed by atoms with Gasteiger partial charge in [-0.05, 0) is 47.7 Å². The van der Waals surface area contributed by atoms with E-state index in [9.17, 15) is 29.3 Å². The predicted molar refractivity (Wildman–Crippen MR) is 157 cm³/mol. The lowest BCUT2D eigenvalue weighted by Crippen LogP contribution is -2.55. The van der Waals surface area contributed by atoms with Crippen LogP contribution < -0.4 is 14.8 Å². The molecule has 2 aromatic rings. The van der Waals surface area contributed by atoms with Crippen molar-refractivity contribution in [2.24, 2.45) is 17.0 Å². The van der Waals surface area contributed by atoms with Gasteiger partial charge in [-0.25, -0.2) is 9.59 Å². The van der Waals surface area contributed by atoms with Crippen LogP contribution in [0.5, 0.6) is 11.5 Å². The number of non-ortho nitro benzene ring substituents is 1. The van der Waals surface area contributed by atoms with Gasteiger partial charge in [-0.1, -0.05) is 25.0 Å². The number of carbonyl (C=O) groups excluding carboxylic acids is 4. The van der Waals surface area contributed by atoms with Crippen molar-refractivity contribution in [3.05, 3.63) is 74.1 Å². The highest BCUT2D eigenvalue weighted by atomic mass is 16.7. The average molecular weight is 644 g/mol. The molecule has 5 atom stereocenters. The van der Waals surface area contributed by atoms with Crippen molar-refractivity contribution in [1.82, 2.24) is 5.32 Å². The Bertz CT molecular complexity index is 1480. The first kappa shape index (κ1) is 35.1. The SMILES string of the molecule is COC(=O)[C@H]1O[C@@H](Oc2ccc(COC(=O)Oc3ccc([N+](=O)[O-])cc3)cc2C(=O)NCCCN=[N+]=[N-])[C@H](OC(C)=O)[C@@H](C)[C@@H]1C. The van der Waals surface area contributed by atoms with E-state index in [0.29, 0.717) is 12.0 Å². The van der Waals surface area contributed by atoms with Gasteiger partial charge in [-0.15, -0.1) is 0 Å². The number of nitrogens with one attached hydrogen (secondary N) is 1. The summed E-state index contributed by atoms with van der Waals surface area (Å²) in [5, 5.41) is 16.9. The minimum absolute atomic E-state index is 0.00252. The number of nitro benzene ring substituents is 1. The summed E-state index contributed by atoms with van der Waals surface area (Å²) in [7, 11) is 1.21. The third kappa shape index (κ3) is 9.54. The number of methoxy groups -OCH3 is 1. The summed E-state index contributed by atoms with van der Waals surface area (Å²) in [5.74, 6) is -2.68. The Morgan fingerprint density at radius 1 is 1.11 bits per heavy atom. The van der Waals surface area contributed by atoms with E-state index in [1.807, 2.05) is 0 Å². The summed E-state index contributed by atoms with van der Waals surface area (Å²) in [4.78, 5) is 62.8. The second-order valence-corrected chi connectivity index (χ2v) is 10.1. The summed E-state index contributed by atoms with van der Waals surface area (Å²) in [6.07, 6.45) is -4.07. The van der Waals surface area contributed by atoms with Gasteiger partial charge in [0.1, 0.15) is 18.1 Å². The van der Waals surface area contributed by atoms with E-state index < -0.39 is 59.3 Å². The predicted octanol–water partition coefficient (Wildman–Crippen LogP) is 4.22. The van der Waals surface area contributed by atoms with Crippen LogP contribution in [0.25, 0.3) is 10.4 Å². The fraction of sp³-hybridized carbons (Fsp3) is 0.448. The number of carbonyl (C=O) groups is 4. The summed E-state index contributed by atoms with van der Waals surface area (Å²) in [5.41, 5.74) is 8.62. The normalized spacial score (nSPS) is 20.3. The molecule has 2 aromatic carbocycles. The van der Waals surface area contributed by atoms with E-state index in [2.05, 4.69) is 15.3 Å². The molecule has 0 radical (unpaired) electrons. The Balaban J connectivity index is 1.83. The highest BCUT2D eigenvalue weighted by molar-refractivity contribution is 5.97. The van der Waals surface area contributed by atoms with Gasteiger partial charge in [-0.2, -0.15) is 0 Å². The zero-order chi connectivity index (χ0) is 33.8. The lowest BCUT2D eigenvalue weighted by Gasteiger charge is -2.42. The van der Waals surface area contributed by atoms with Crippen LogP contribution in [0.2, 0.25) is 0 Å². The molecule has 1 aliphatic rings. The van der Waals surface area contributed by atoms with Gasteiger partial charge in [0.25, 0.3) is 11.6 Å². The maximum Gasteiger partial charge on any atom is 0.514 e. The van der Waals surface area contributed by atoms with Crippen molar-refractivity contribution >= 4 is 29.7 Å². The number of hydrogen-bond donors (Lipinski definition) is 1. The molecule has 246 valence electrons. The molecule has 1 aliphatic heterocycles. The average Bonchev–Trinajstić information content (AvgIpc) is 3.03. The number of benzene rings is 2. The molecule has 1 saturated heterocycles. The Labute approximate surface area is 262 Å². The van der Waals surface area contributed by atoms with E-state index in [-0.39, 0.29) is 42.4 Å². The molecule has 46 heavy (non-hydrogen) atoms. The maximum absolute atomic E-state index is 13.3. The molecule has 17 nitrogen and oxygen atoms in total. The zero-order valence-electron chi connectivity index (χ0n) is 25.4. The van der Waals surface area contributed by atoms with Crippen LogP contribution in [0.1, 0.15) is 43.1 Å². The summed E-state index contributed by atoms with van der Waals surface area (Å²) in [6, 6.07) is 9.10. The minimum atomic E-state index is -1.31. The summed E-state index contributed by atoms with van der Waals surface area (Å²) in [6.45, 7) is 4.69. The monoisotopic (exact) mass is 643 g/mol. The molecule has 0 unspecified atom stereocenters. The molecule has 0 saturated carbocycles. The van der Waals surface area contributed by atoms with Crippen molar-refractivity contribution in [2.45, 2.75) is 52.3 Å². The first-order chi connectivity index (χ1) is 21.9. The Morgan fingerprint density at radius 3 is 2.46 bits per heavy atom. The number of rotatable bonds is 13. The van der Waals surface area contributed by atoms with E-state index in [0.717, 1.165) is 12.1 Å². The van der Waals surface area contributed by atoms with E-state index in [1.165, 1.54) is 44.4 Å². The second-order valence-electron chi connectivity index (χ2n) is 10.1. The number of nitro groups is 1. The van der Waals surface area contributed by atoms with E-state index in [4.69, 9.17) is 34.0 Å². The van der Waals surface area contributed by atoms with Crippen LogP contribution in [-0.2, 0) is 35.1 Å². The van der Waals surface area contributed by atoms with Crippen molar-refractivity contribution in [2.75, 3.05) is 20.2 Å². The van der Waals surface area contributed by atoms with Gasteiger partial charge in [0, 0.05) is 43.0 Å². The van der Waals surface area contributed by atoms with Gasteiger partial charge < -0.3 is 33.7 Å². The Morgan fingerprint density at radius 2 is 1.83 bits per heavy atom. The van der Waals surface area contributed by atoms with Gasteiger partial charge >= 0.3 is 18.1 Å². The molecule has 17 heteroatoms. The lowest BCUT2D eigenvalue weighted by molar-refractivity contribution is -0.384. The highest BCUT2D eigenvalue weighted by Gasteiger charge is 2.48. The van der Waals surface area contributed by atoms with Crippen LogP contribution in [0.3, 0.4) is 0 Å². The molecule has 0 bridgehead atoms. The van der Waals surface area contributed by atoms with Crippen molar-refractivity contribution in [3.63, 3.8) is 0 Å². The fourth-order valence-electron chi connectivity index (χ4n) is 4.47. The molecule has 1 fully saturated rings. The van der Waals surface area contributed by atoms with E-state index >= 15 is 0 Å². The number of azide groups is 1. The van der Waals surface area contributed by atoms with Crippen LogP contribution in [-0.4, -0.2) is 67.6 Å². The Kier molecular flexibility index (Phi) is 12.7. The zero-order valence-corrected chi connectivity index (χ0v) is 25.4. The summed E-state index contributed by atoms with van der Waals surface area (Å²) < 4.78 is 32.5. The minimum Gasteiger partial charge on any atom is -0.467 e. The van der Waals surface area contributed by atoms with Gasteiger partial charge in [0.2, 0.25) is 6.29 Å². The molecule has 0 aromatic heterocycles. The lowest BCUT2D eigenvalue weighted by atomic mass is 9.83. The topological polar surface area (TPSA) is 228 Å². The number of ether oxygens (including phenoxy) is 6. The standard InChI is InChI=1S/C29H33N5O12/c1-16-17(2)25(43-18(3)35)28(46-24(16)27(37)41-4)45-23-11-6-19(14-22(23)26(36)31-12-5-13-32-33-30)15-42-29(38)44-21-9-7-20(8-10-21)34(39)40/h6-11,14,16-17,24-25,28H,5,12-13,15H2,1-4H3,(H,31,36)/t16-,17-,24-,25+,28+/m0/s1. The maximum atomic E-state index is 13.3. The van der Waals surface area contributed by atoms with Crippen LogP contribution in [0.15, 0.2) is 47.6 Å². The third-order valence-electron chi connectivity index (χ3n) is 7.03. The van der Waals surface area contributed by atoms with Crippen molar-refractivity contribution in [1.29, 1.82) is 0 Å². The first-order valence-corrected chi connectivity index (χ1v) is 14.0. The Hall–Kier alpha value is -5.41. The van der Waals surface area contributed by atoms with Crippen LogP contribution in [0.4, 0.5) is 10.5 Å². The fourth-order valence-corrected chi connectivity index (χ4v) is 4.47. The van der Waals surface area contributed by atoms with Crippen LogP contribution >= 0.6 is 0 Å². The summed E-state index contributed by atoms with van der Waals surface area (Å²) >= 11 is 0. The van der Waals surface area contributed by atoms with Crippen LogP contribution in [0, 0.1) is 22.0 Å². The number of hydrogen-bond acceptors (Lipinski definition) is 13. The molecule has 3 rings (SSSR count). The largest absolute Gasteiger partial charge is 0.514 e. The molecular weight excluding hydrogens is 610 g/mol. The van der Waals surface area contributed by atoms with Gasteiger partial charge in [-0.3, -0.25) is 19.7 Å².